The van der Waals surface area contributed by atoms with Gasteiger partial charge in [0.25, 0.3) is 15.9 Å². The van der Waals surface area contributed by atoms with Crippen molar-refractivity contribution in [1.82, 2.24) is 10.0 Å². The third-order valence-electron chi connectivity index (χ3n) is 8.78. The zero-order valence-electron chi connectivity index (χ0n) is 25.3. The molecule has 2 aromatic carbocycles. The van der Waals surface area contributed by atoms with Gasteiger partial charge in [-0.15, -0.1) is 0 Å². The van der Waals surface area contributed by atoms with Crippen LogP contribution < -0.4 is 19.7 Å². The predicted molar refractivity (Wildman–Crippen MR) is 167 cm³/mol. The Balaban J connectivity index is 1.56. The summed E-state index contributed by atoms with van der Waals surface area (Å²) in [7, 11) is -2.89. The number of ether oxygens (including phenoxy) is 3. The van der Waals surface area contributed by atoms with Gasteiger partial charge in [-0.2, -0.15) is 0 Å². The number of rotatable bonds is 1. The first kappa shape index (κ1) is 32.1. The first-order valence-corrected chi connectivity index (χ1v) is 16.8. The van der Waals surface area contributed by atoms with Crippen LogP contribution in [-0.2, 0) is 37.3 Å². The van der Waals surface area contributed by atoms with Gasteiger partial charge in [-0.3, -0.25) is 4.79 Å². The Labute approximate surface area is 264 Å². The molecule has 2 heterocycles. The van der Waals surface area contributed by atoms with E-state index in [1.54, 1.807) is 18.2 Å². The molecular weight excluding hydrogens is 606 g/mol. The molecule has 2 bridgehead atoms. The molecular formula is C32H40ClN3O7S. The minimum absolute atomic E-state index is 0.0431. The van der Waals surface area contributed by atoms with Crippen molar-refractivity contribution in [2.75, 3.05) is 31.7 Å². The lowest BCUT2D eigenvalue weighted by molar-refractivity contribution is -0.139. The number of halogens is 1. The number of alkyl carbamates (subject to hydrolysis) is 1. The zero-order chi connectivity index (χ0) is 31.5. The Bertz CT molecular complexity index is 1530. The molecule has 0 unspecified atom stereocenters. The lowest BCUT2D eigenvalue weighted by Crippen LogP contribution is -2.49. The Morgan fingerprint density at radius 1 is 1.14 bits per heavy atom. The van der Waals surface area contributed by atoms with Crippen LogP contribution in [0.15, 0.2) is 53.4 Å². The number of benzene rings is 2. The van der Waals surface area contributed by atoms with Crippen molar-refractivity contribution >= 4 is 39.3 Å². The molecule has 2 aliphatic heterocycles. The summed E-state index contributed by atoms with van der Waals surface area (Å²) < 4.78 is 46.2. The van der Waals surface area contributed by atoms with Gasteiger partial charge in [0, 0.05) is 18.1 Å². The molecule has 12 heteroatoms. The molecule has 3 atom stereocenters. The van der Waals surface area contributed by atoms with Crippen LogP contribution in [0.4, 0.5) is 10.5 Å². The van der Waals surface area contributed by atoms with Crippen LogP contribution in [0.25, 0.3) is 0 Å². The first-order valence-electron chi connectivity index (χ1n) is 15.0. The number of nitrogens with one attached hydrogen (secondary N) is 2. The van der Waals surface area contributed by atoms with Gasteiger partial charge in [0.2, 0.25) is 0 Å². The molecule has 5 rings (SSSR count). The Morgan fingerprint density at radius 3 is 2.70 bits per heavy atom. The van der Waals surface area contributed by atoms with E-state index >= 15 is 0 Å². The predicted octanol–water partition coefficient (Wildman–Crippen LogP) is 4.98. The number of anilines is 1. The van der Waals surface area contributed by atoms with E-state index in [1.165, 1.54) is 27.0 Å². The quantitative estimate of drug-likeness (QED) is 0.416. The number of sulfonamides is 1. The smallest absolute Gasteiger partial charge is 0.407 e. The fourth-order valence-electron chi connectivity index (χ4n) is 5.98. The number of hydrogen-bond acceptors (Lipinski definition) is 8. The number of methoxy groups -OCH3 is 1. The average molecular weight is 646 g/mol. The van der Waals surface area contributed by atoms with E-state index in [1.807, 2.05) is 24.3 Å². The van der Waals surface area contributed by atoms with Crippen molar-refractivity contribution in [1.29, 1.82) is 0 Å². The second-order valence-electron chi connectivity index (χ2n) is 12.1. The number of fused-ring (bicyclic) bond motifs is 3. The number of nitrogens with zero attached hydrogens (tertiary/aromatic N) is 1. The summed E-state index contributed by atoms with van der Waals surface area (Å²) in [5.74, 6) is 0.0838. The van der Waals surface area contributed by atoms with E-state index in [0.717, 1.165) is 43.2 Å². The van der Waals surface area contributed by atoms with E-state index in [2.05, 4.69) is 14.9 Å². The average Bonchev–Trinajstić information content (AvgIpc) is 2.99. The molecule has 238 valence electrons. The number of amides is 2. The molecule has 0 saturated heterocycles. The van der Waals surface area contributed by atoms with E-state index in [9.17, 15) is 18.0 Å². The van der Waals surface area contributed by atoms with Crippen molar-refractivity contribution < 1.29 is 32.2 Å². The highest BCUT2D eigenvalue weighted by molar-refractivity contribution is 7.90. The minimum Gasteiger partial charge on any atom is -0.487 e. The largest absolute Gasteiger partial charge is 0.487 e. The standard InChI is InChI=1S/C32H40ClN3O7S/c1-32(2)30(37)35-44(39,40)25-12-14-29-28(18-25)36(15-5-4-7-21-17-24(33)11-9-23(21)20-42-29)19-22-10-13-26(22)27(8-6-16-43-32)34-31(38)41-3/h6,8-9,11-12,14,17-18,22,26-27H,4-5,7,10,13,15-16,19-20H2,1-3H3,(H,34,38)(H,35,37)/b8-6+/t22-,26+,27-/m0/s1. The molecule has 0 radical (unpaired) electrons. The summed E-state index contributed by atoms with van der Waals surface area (Å²) >= 11 is 6.31. The highest BCUT2D eigenvalue weighted by Gasteiger charge is 2.39. The van der Waals surface area contributed by atoms with Crippen LogP contribution in [0.1, 0.15) is 50.7 Å². The normalized spacial score (nSPS) is 25.8. The molecule has 0 aromatic heterocycles. The second kappa shape index (κ2) is 13.4. The molecule has 44 heavy (non-hydrogen) atoms. The minimum atomic E-state index is -4.22. The monoisotopic (exact) mass is 645 g/mol. The number of carbonyl (C=O) groups is 2. The van der Waals surface area contributed by atoms with Crippen LogP contribution in [-0.4, -0.2) is 58.9 Å². The molecule has 0 spiro atoms. The Morgan fingerprint density at radius 2 is 1.95 bits per heavy atom. The number of carbonyl (C=O) groups excluding carboxylic acids is 2. The summed E-state index contributed by atoms with van der Waals surface area (Å²) in [5, 5.41) is 3.63. The van der Waals surface area contributed by atoms with Gasteiger partial charge in [0.1, 0.15) is 18.0 Å². The molecule has 2 amide bonds. The zero-order valence-corrected chi connectivity index (χ0v) is 26.9. The van der Waals surface area contributed by atoms with Crippen molar-refractivity contribution in [3.8, 4) is 5.75 Å². The SMILES string of the molecule is COC(=O)N[C@H]1/C=C/COC(C)(C)C(=O)NS(=O)(=O)c2ccc3c(c2)N(CCCCc2cc(Cl)ccc2CO3)C[C@@H]2CC[C@H]21. The van der Waals surface area contributed by atoms with Crippen molar-refractivity contribution in [2.45, 2.75) is 69.1 Å². The fourth-order valence-corrected chi connectivity index (χ4v) is 7.30. The van der Waals surface area contributed by atoms with E-state index in [4.69, 9.17) is 25.8 Å². The van der Waals surface area contributed by atoms with Gasteiger partial charge < -0.3 is 24.4 Å². The van der Waals surface area contributed by atoms with Gasteiger partial charge >= 0.3 is 6.09 Å². The summed E-state index contributed by atoms with van der Waals surface area (Å²) in [4.78, 5) is 27.5. The molecule has 1 saturated carbocycles. The van der Waals surface area contributed by atoms with E-state index in [0.29, 0.717) is 36.2 Å². The summed E-state index contributed by atoms with van der Waals surface area (Å²) in [6.07, 6.45) is 7.55. The summed E-state index contributed by atoms with van der Waals surface area (Å²) in [6, 6.07) is 10.2. The number of aryl methyl sites for hydroxylation is 1. The molecule has 1 fully saturated rings. The molecule has 10 nitrogen and oxygen atoms in total. The van der Waals surface area contributed by atoms with Crippen molar-refractivity contribution in [3.05, 3.63) is 64.7 Å². The van der Waals surface area contributed by atoms with Gasteiger partial charge in [-0.05, 0) is 99.2 Å². The maximum atomic E-state index is 13.5. The molecule has 2 N–H and O–H groups in total. The first-order chi connectivity index (χ1) is 21.0. The maximum absolute atomic E-state index is 13.5. The fraction of sp³-hybridized carbons (Fsp3) is 0.500. The van der Waals surface area contributed by atoms with Gasteiger partial charge in [0.15, 0.2) is 0 Å². The van der Waals surface area contributed by atoms with Crippen LogP contribution >= 0.6 is 11.6 Å². The molecule has 2 aromatic rings. The number of hydrogen-bond donors (Lipinski definition) is 2. The lowest BCUT2D eigenvalue weighted by atomic mass is 9.69. The third kappa shape index (κ3) is 7.33. The highest BCUT2D eigenvalue weighted by atomic mass is 35.5. The Hall–Kier alpha value is -3.28. The second-order valence-corrected chi connectivity index (χ2v) is 14.2. The van der Waals surface area contributed by atoms with Crippen molar-refractivity contribution in [2.24, 2.45) is 11.8 Å². The van der Waals surface area contributed by atoms with Gasteiger partial charge in [0.05, 0.1) is 30.3 Å². The van der Waals surface area contributed by atoms with E-state index in [-0.39, 0.29) is 29.4 Å². The summed E-state index contributed by atoms with van der Waals surface area (Å²) in [6.45, 7) is 4.66. The highest BCUT2D eigenvalue weighted by Crippen LogP contribution is 2.41. The topological polar surface area (TPSA) is 123 Å². The van der Waals surface area contributed by atoms with Gasteiger partial charge in [-0.1, -0.05) is 29.8 Å². The van der Waals surface area contributed by atoms with Crippen LogP contribution in [0.3, 0.4) is 0 Å². The van der Waals surface area contributed by atoms with Crippen molar-refractivity contribution in [3.63, 3.8) is 0 Å². The van der Waals surface area contributed by atoms with Crippen LogP contribution in [0.5, 0.6) is 5.75 Å². The maximum Gasteiger partial charge on any atom is 0.407 e. The van der Waals surface area contributed by atoms with Gasteiger partial charge in [-0.25, -0.2) is 17.9 Å². The van der Waals surface area contributed by atoms with Crippen LogP contribution in [0, 0.1) is 11.8 Å². The molecule has 1 aliphatic carbocycles. The summed E-state index contributed by atoms with van der Waals surface area (Å²) in [5.41, 5.74) is 1.35. The van der Waals surface area contributed by atoms with E-state index < -0.39 is 27.6 Å². The third-order valence-corrected chi connectivity index (χ3v) is 10.3. The molecule has 3 aliphatic rings. The Kier molecular flexibility index (Phi) is 9.77. The lowest BCUT2D eigenvalue weighted by Gasteiger charge is -2.44. The van der Waals surface area contributed by atoms with Crippen LogP contribution in [0.2, 0.25) is 5.02 Å².